The SMILES string of the molecule is N#CC(C#N)=c1cc(OCCOS(=O)(=O)O)c(=C(C#N)C#N)cc1OCCOS(=O)(=O)O. The highest BCUT2D eigenvalue weighted by Crippen LogP contribution is 2.11. The predicted molar refractivity (Wildman–Crippen MR) is 101 cm³/mol. The summed E-state index contributed by atoms with van der Waals surface area (Å²) in [5, 5.41) is 36.4. The number of hydrogen-bond acceptors (Lipinski definition) is 12. The summed E-state index contributed by atoms with van der Waals surface area (Å²) >= 11 is 0. The molecule has 0 atom stereocenters. The van der Waals surface area contributed by atoms with Crippen molar-refractivity contribution in [3.05, 3.63) is 22.6 Å². The van der Waals surface area contributed by atoms with Crippen LogP contribution in [0.1, 0.15) is 0 Å². The van der Waals surface area contributed by atoms with Gasteiger partial charge in [-0.05, 0) is 12.1 Å². The van der Waals surface area contributed by atoms with E-state index in [4.69, 9.17) is 18.6 Å². The molecule has 0 aliphatic rings. The largest absolute Gasteiger partial charge is 0.490 e. The van der Waals surface area contributed by atoms with Crippen LogP contribution in [0.15, 0.2) is 12.1 Å². The van der Waals surface area contributed by atoms with Crippen LogP contribution < -0.4 is 19.9 Å². The highest BCUT2D eigenvalue weighted by Gasteiger charge is 2.13. The monoisotopic (exact) mass is 484 g/mol. The zero-order valence-corrected chi connectivity index (χ0v) is 17.4. The molecular weight excluding hydrogens is 472 g/mol. The van der Waals surface area contributed by atoms with E-state index in [1.54, 1.807) is 24.3 Å². The van der Waals surface area contributed by atoms with Crippen LogP contribution in [0.25, 0.3) is 11.1 Å². The minimum absolute atomic E-state index is 0.175. The van der Waals surface area contributed by atoms with E-state index in [0.29, 0.717) is 0 Å². The number of ether oxygens (including phenoxy) is 2. The summed E-state index contributed by atoms with van der Waals surface area (Å²) in [4.78, 5) is 0. The summed E-state index contributed by atoms with van der Waals surface area (Å²) in [5.41, 5.74) is -0.978. The molecule has 1 aromatic rings. The first kappa shape index (κ1) is 26.3. The molecule has 0 radical (unpaired) electrons. The summed E-state index contributed by atoms with van der Waals surface area (Å²) in [5.74, 6) is -0.469. The van der Waals surface area contributed by atoms with Gasteiger partial charge in [0.25, 0.3) is 0 Å². The molecule has 0 aliphatic heterocycles. The molecule has 1 rings (SSSR count). The van der Waals surface area contributed by atoms with Gasteiger partial charge in [-0.3, -0.25) is 9.11 Å². The Labute approximate surface area is 181 Å². The van der Waals surface area contributed by atoms with Crippen LogP contribution >= 0.6 is 0 Å². The van der Waals surface area contributed by atoms with Crippen LogP contribution in [0.4, 0.5) is 0 Å². The van der Waals surface area contributed by atoms with E-state index in [-0.39, 0.29) is 21.9 Å². The van der Waals surface area contributed by atoms with Crippen molar-refractivity contribution in [3.8, 4) is 35.8 Å². The Morgan fingerprint density at radius 2 is 1.00 bits per heavy atom. The van der Waals surface area contributed by atoms with Crippen LogP contribution in [0, 0.1) is 45.3 Å². The molecule has 0 bridgehead atoms. The standard InChI is InChI=1S/C16H12N4O10S2/c17-7-11(8-18)13-6-16(28-2-4-30-32(24,25)26)14(12(9-19)10-20)5-15(13)27-1-3-29-31(21,22)23/h5-6H,1-4H2,(H,21,22,23)(H,24,25,26). The number of rotatable bonds is 10. The first-order valence-electron chi connectivity index (χ1n) is 7.98. The van der Waals surface area contributed by atoms with E-state index in [0.717, 1.165) is 12.1 Å². The van der Waals surface area contributed by atoms with Crippen molar-refractivity contribution in [1.82, 2.24) is 0 Å². The highest BCUT2D eigenvalue weighted by atomic mass is 32.3. The molecule has 32 heavy (non-hydrogen) atoms. The maximum absolute atomic E-state index is 10.6. The van der Waals surface area contributed by atoms with Gasteiger partial charge in [0, 0.05) is 10.4 Å². The summed E-state index contributed by atoms with van der Waals surface area (Å²) in [6.45, 7) is -2.29. The summed E-state index contributed by atoms with van der Waals surface area (Å²) in [7, 11) is -9.49. The third-order valence-electron chi connectivity index (χ3n) is 3.21. The van der Waals surface area contributed by atoms with Crippen LogP contribution in [0.2, 0.25) is 0 Å². The molecule has 0 spiro atoms. The molecule has 14 nitrogen and oxygen atoms in total. The molecule has 2 N–H and O–H groups in total. The molecule has 0 heterocycles. The first-order chi connectivity index (χ1) is 15.0. The van der Waals surface area contributed by atoms with Gasteiger partial charge in [-0.1, -0.05) is 0 Å². The molecule has 1 aromatic carbocycles. The molecule has 0 saturated carbocycles. The summed E-state index contributed by atoms with van der Waals surface area (Å²) in [6, 6.07) is 8.48. The zero-order chi connectivity index (χ0) is 24.4. The normalized spacial score (nSPS) is 10.7. The Kier molecular flexibility index (Phi) is 9.53. The van der Waals surface area contributed by atoms with Crippen molar-refractivity contribution >= 4 is 31.9 Å². The second-order valence-corrected chi connectivity index (χ2v) is 7.42. The number of hydrogen-bond donors (Lipinski definition) is 2. The Morgan fingerprint density at radius 3 is 1.25 bits per heavy atom. The van der Waals surface area contributed by atoms with E-state index in [9.17, 15) is 37.9 Å². The van der Waals surface area contributed by atoms with Crippen LogP contribution in [-0.2, 0) is 29.2 Å². The van der Waals surface area contributed by atoms with E-state index < -0.39 is 58.4 Å². The number of nitrogens with zero attached hydrogens (tertiary/aromatic N) is 4. The second-order valence-electron chi connectivity index (χ2n) is 5.24. The first-order valence-corrected chi connectivity index (χ1v) is 10.7. The number of nitriles is 4. The van der Waals surface area contributed by atoms with Crippen LogP contribution in [0.5, 0.6) is 11.5 Å². The second kappa shape index (κ2) is 11.6. The van der Waals surface area contributed by atoms with Gasteiger partial charge in [-0.15, -0.1) is 0 Å². The average molecular weight is 484 g/mol. The van der Waals surface area contributed by atoms with E-state index in [1.165, 1.54) is 0 Å². The van der Waals surface area contributed by atoms with Gasteiger partial charge in [0.1, 0.15) is 73.3 Å². The third kappa shape index (κ3) is 8.55. The van der Waals surface area contributed by atoms with Gasteiger partial charge in [0.15, 0.2) is 0 Å². The minimum Gasteiger partial charge on any atom is -0.490 e. The Hall–Kier alpha value is -3.74. The minimum atomic E-state index is -4.75. The van der Waals surface area contributed by atoms with Crippen molar-refractivity contribution in [2.24, 2.45) is 0 Å². The molecule has 0 saturated heterocycles. The lowest BCUT2D eigenvalue weighted by Gasteiger charge is -2.11. The van der Waals surface area contributed by atoms with E-state index in [1.807, 2.05) is 0 Å². The molecule has 0 fully saturated rings. The van der Waals surface area contributed by atoms with Crippen LogP contribution in [0.3, 0.4) is 0 Å². The van der Waals surface area contributed by atoms with Crippen LogP contribution in [-0.4, -0.2) is 52.4 Å². The fourth-order valence-electron chi connectivity index (χ4n) is 2.06. The summed E-state index contributed by atoms with van der Waals surface area (Å²) in [6.07, 6.45) is 0. The lowest BCUT2D eigenvalue weighted by Crippen LogP contribution is -2.23. The van der Waals surface area contributed by atoms with Crippen molar-refractivity contribution in [1.29, 1.82) is 21.0 Å². The Morgan fingerprint density at radius 1 is 0.688 bits per heavy atom. The third-order valence-corrected chi connectivity index (χ3v) is 4.14. The molecule has 16 heteroatoms. The van der Waals surface area contributed by atoms with Crippen molar-refractivity contribution in [3.63, 3.8) is 0 Å². The lowest BCUT2D eigenvalue weighted by atomic mass is 10.1. The topological polar surface area (TPSA) is 241 Å². The van der Waals surface area contributed by atoms with Gasteiger partial charge in [-0.2, -0.15) is 37.9 Å². The maximum atomic E-state index is 10.6. The molecule has 0 aliphatic carbocycles. The lowest BCUT2D eigenvalue weighted by molar-refractivity contribution is 0.197. The molecule has 168 valence electrons. The maximum Gasteiger partial charge on any atom is 0.397 e. The van der Waals surface area contributed by atoms with Gasteiger partial charge in [0.05, 0.1) is 0 Å². The molecule has 0 aromatic heterocycles. The zero-order valence-electron chi connectivity index (χ0n) is 15.7. The smallest absolute Gasteiger partial charge is 0.397 e. The quantitative estimate of drug-likeness (QED) is 0.283. The highest BCUT2D eigenvalue weighted by molar-refractivity contribution is 7.81. The van der Waals surface area contributed by atoms with Crippen molar-refractivity contribution < 1.29 is 43.8 Å². The van der Waals surface area contributed by atoms with Crippen molar-refractivity contribution in [2.45, 2.75) is 0 Å². The van der Waals surface area contributed by atoms with Gasteiger partial charge < -0.3 is 9.47 Å². The number of benzene rings is 1. The van der Waals surface area contributed by atoms with Crippen molar-refractivity contribution in [2.75, 3.05) is 26.4 Å². The Balaban J connectivity index is 3.53. The van der Waals surface area contributed by atoms with E-state index >= 15 is 0 Å². The predicted octanol–water partition coefficient (Wildman–Crippen LogP) is -1.52. The Bertz CT molecular complexity index is 1230. The van der Waals surface area contributed by atoms with Gasteiger partial charge in [0.2, 0.25) is 0 Å². The van der Waals surface area contributed by atoms with E-state index in [2.05, 4.69) is 8.37 Å². The fraction of sp³-hybridized carbons (Fsp3) is 0.250. The summed E-state index contributed by atoms with van der Waals surface area (Å²) < 4.78 is 78.2. The fourth-order valence-corrected chi connectivity index (χ4v) is 2.62. The molecule has 0 unspecified atom stereocenters. The van der Waals surface area contributed by atoms with Gasteiger partial charge in [-0.25, -0.2) is 8.37 Å². The molecular formula is C16H12N4O10S2. The average Bonchev–Trinajstić information content (AvgIpc) is 2.70. The molecule has 0 amide bonds. The van der Waals surface area contributed by atoms with Gasteiger partial charge >= 0.3 is 20.8 Å².